The fourth-order valence-electron chi connectivity index (χ4n) is 0.341. The van der Waals surface area contributed by atoms with Crippen molar-refractivity contribution in [2.24, 2.45) is 0 Å². The van der Waals surface area contributed by atoms with Gasteiger partial charge in [-0.3, -0.25) is 4.79 Å². The van der Waals surface area contributed by atoms with E-state index in [0.717, 1.165) is 13.0 Å². The molecular formula is C8H10O6. The minimum atomic E-state index is -1.29. The smallest absolute Gasteiger partial charge is 0.335 e. The van der Waals surface area contributed by atoms with Gasteiger partial charge in [-0.1, -0.05) is 12.7 Å². The van der Waals surface area contributed by atoms with Crippen molar-refractivity contribution in [2.45, 2.75) is 6.92 Å². The highest BCUT2D eigenvalue weighted by molar-refractivity contribution is 5.96. The number of carboxylic acids is 3. The van der Waals surface area contributed by atoms with E-state index in [4.69, 9.17) is 20.1 Å². The quantitative estimate of drug-likeness (QED) is 0.450. The Labute approximate surface area is 79.8 Å². The molecule has 0 unspecified atom stereocenters. The molecule has 78 valence electrons. The third-order valence-corrected chi connectivity index (χ3v) is 0.746. The highest BCUT2D eigenvalue weighted by Crippen LogP contribution is 1.94. The maximum absolute atomic E-state index is 10.1. The van der Waals surface area contributed by atoms with E-state index in [-0.39, 0.29) is 5.57 Å². The van der Waals surface area contributed by atoms with Crippen molar-refractivity contribution in [3.63, 3.8) is 0 Å². The summed E-state index contributed by atoms with van der Waals surface area (Å²) in [6.45, 7) is 4.21. The summed E-state index contributed by atoms with van der Waals surface area (Å²) in [5.74, 6) is -3.42. The molecule has 0 saturated carbocycles. The molecule has 0 atom stereocenters. The van der Waals surface area contributed by atoms with Crippen LogP contribution in [0.25, 0.3) is 0 Å². The maximum Gasteiger partial charge on any atom is 0.335 e. The first-order valence-electron chi connectivity index (χ1n) is 3.31. The lowest BCUT2D eigenvalue weighted by Crippen LogP contribution is -2.00. The average Bonchev–Trinajstić information content (AvgIpc) is 1.98. The number of hydrogen-bond donors (Lipinski definition) is 3. The maximum atomic E-state index is 10.1. The molecule has 0 radical (unpaired) electrons. The van der Waals surface area contributed by atoms with Gasteiger partial charge in [-0.25, -0.2) is 9.59 Å². The summed E-state index contributed by atoms with van der Waals surface area (Å²) in [5.41, 5.74) is -0.326. The SMILES string of the molecule is C=C/C(=C/C(=O)O)C(=O)O.CC(=O)O. The van der Waals surface area contributed by atoms with Crippen LogP contribution in [0.3, 0.4) is 0 Å². The number of aliphatic carboxylic acids is 3. The number of hydrogen-bond acceptors (Lipinski definition) is 3. The Hall–Kier alpha value is -2.11. The van der Waals surface area contributed by atoms with Crippen molar-refractivity contribution in [1.82, 2.24) is 0 Å². The first-order chi connectivity index (χ1) is 6.31. The van der Waals surface area contributed by atoms with Gasteiger partial charge < -0.3 is 15.3 Å². The monoisotopic (exact) mass is 202 g/mol. The second kappa shape index (κ2) is 7.53. The third kappa shape index (κ3) is 12.6. The lowest BCUT2D eigenvalue weighted by molar-refractivity contribution is -0.134. The third-order valence-electron chi connectivity index (χ3n) is 0.746. The molecule has 0 aliphatic heterocycles. The van der Waals surface area contributed by atoms with E-state index < -0.39 is 17.9 Å². The normalized spacial score (nSPS) is 9.36. The van der Waals surface area contributed by atoms with E-state index in [9.17, 15) is 9.59 Å². The molecule has 6 nitrogen and oxygen atoms in total. The van der Waals surface area contributed by atoms with Crippen molar-refractivity contribution < 1.29 is 29.7 Å². The van der Waals surface area contributed by atoms with Gasteiger partial charge in [-0.2, -0.15) is 0 Å². The highest BCUT2D eigenvalue weighted by Gasteiger charge is 2.03. The van der Waals surface area contributed by atoms with E-state index in [1.54, 1.807) is 0 Å². The Morgan fingerprint density at radius 1 is 1.14 bits per heavy atom. The summed E-state index contributed by atoms with van der Waals surface area (Å²) < 4.78 is 0. The predicted molar refractivity (Wildman–Crippen MR) is 46.9 cm³/mol. The summed E-state index contributed by atoms with van der Waals surface area (Å²) in [6.07, 6.45) is 1.55. The molecule has 0 aromatic carbocycles. The van der Waals surface area contributed by atoms with Gasteiger partial charge >= 0.3 is 11.9 Å². The second-order valence-corrected chi connectivity index (χ2v) is 1.97. The summed E-state index contributed by atoms with van der Waals surface area (Å²) in [6, 6.07) is 0. The molecule has 0 bridgehead atoms. The van der Waals surface area contributed by atoms with Gasteiger partial charge in [-0.05, 0) is 0 Å². The van der Waals surface area contributed by atoms with Gasteiger partial charge in [0.05, 0.1) is 5.57 Å². The van der Waals surface area contributed by atoms with Gasteiger partial charge in [0.25, 0.3) is 5.97 Å². The lowest BCUT2D eigenvalue weighted by Gasteiger charge is -1.88. The van der Waals surface area contributed by atoms with Crippen LogP contribution in [0, 0.1) is 0 Å². The largest absolute Gasteiger partial charge is 0.481 e. The molecule has 6 heteroatoms. The van der Waals surface area contributed by atoms with Crippen LogP contribution in [0.4, 0.5) is 0 Å². The van der Waals surface area contributed by atoms with Crippen LogP contribution in [-0.2, 0) is 14.4 Å². The molecule has 0 heterocycles. The summed E-state index contributed by atoms with van der Waals surface area (Å²) in [5, 5.41) is 23.7. The van der Waals surface area contributed by atoms with Crippen LogP contribution in [0.15, 0.2) is 24.3 Å². The number of rotatable bonds is 3. The fourth-order valence-corrected chi connectivity index (χ4v) is 0.341. The lowest BCUT2D eigenvalue weighted by atomic mass is 10.2. The minimum Gasteiger partial charge on any atom is -0.481 e. The van der Waals surface area contributed by atoms with E-state index in [1.807, 2.05) is 0 Å². The molecule has 0 aromatic rings. The summed E-state index contributed by atoms with van der Waals surface area (Å²) in [7, 11) is 0. The van der Waals surface area contributed by atoms with Gasteiger partial charge in [0.1, 0.15) is 0 Å². The van der Waals surface area contributed by atoms with Crippen LogP contribution in [-0.4, -0.2) is 33.2 Å². The number of carboxylic acid groups (broad SMARTS) is 3. The van der Waals surface area contributed by atoms with Crippen LogP contribution in [0.1, 0.15) is 6.92 Å². The Morgan fingerprint density at radius 2 is 1.50 bits per heavy atom. The molecule has 0 saturated heterocycles. The fraction of sp³-hybridized carbons (Fsp3) is 0.125. The van der Waals surface area contributed by atoms with Crippen LogP contribution in [0.2, 0.25) is 0 Å². The number of carbonyl (C=O) groups is 3. The molecule has 0 spiro atoms. The molecule has 0 aromatic heterocycles. The zero-order valence-electron chi connectivity index (χ0n) is 7.43. The zero-order chi connectivity index (χ0) is 11.7. The molecule has 14 heavy (non-hydrogen) atoms. The first kappa shape index (κ1) is 14.4. The highest BCUT2D eigenvalue weighted by atomic mass is 16.4. The first-order valence-corrected chi connectivity index (χ1v) is 3.31. The van der Waals surface area contributed by atoms with Crippen molar-refractivity contribution >= 4 is 17.9 Å². The standard InChI is InChI=1S/C6H6O4.C2H4O2/c1-2-4(6(9)10)3-5(7)8;1-2(3)4/h2-3H,1H2,(H,7,8)(H,9,10);1H3,(H,3,4)/b4-3-;. The van der Waals surface area contributed by atoms with E-state index >= 15 is 0 Å². The van der Waals surface area contributed by atoms with Gasteiger partial charge in [0.15, 0.2) is 0 Å². The van der Waals surface area contributed by atoms with Crippen molar-refractivity contribution in [2.75, 3.05) is 0 Å². The molecule has 0 amide bonds. The van der Waals surface area contributed by atoms with Crippen LogP contribution < -0.4 is 0 Å². The second-order valence-electron chi connectivity index (χ2n) is 1.97. The Bertz CT molecular complexity index is 272. The summed E-state index contributed by atoms with van der Waals surface area (Å²) >= 11 is 0. The van der Waals surface area contributed by atoms with E-state index in [1.165, 1.54) is 0 Å². The molecular weight excluding hydrogens is 192 g/mol. The topological polar surface area (TPSA) is 112 Å². The van der Waals surface area contributed by atoms with Gasteiger partial charge in [-0.15, -0.1) is 0 Å². The molecule has 0 rings (SSSR count). The Morgan fingerprint density at radius 3 is 1.57 bits per heavy atom. The predicted octanol–water partition coefficient (Wildman–Crippen LogP) is 0.359. The van der Waals surface area contributed by atoms with Crippen molar-refractivity contribution in [3.8, 4) is 0 Å². The minimum absolute atomic E-state index is 0.326. The summed E-state index contributed by atoms with van der Waals surface area (Å²) in [4.78, 5) is 28.9. The molecule has 3 N–H and O–H groups in total. The van der Waals surface area contributed by atoms with Crippen molar-refractivity contribution in [1.29, 1.82) is 0 Å². The Kier molecular flexibility index (Phi) is 7.76. The Balaban J connectivity index is 0. The van der Waals surface area contributed by atoms with Gasteiger partial charge in [0.2, 0.25) is 0 Å². The molecule has 0 fully saturated rings. The van der Waals surface area contributed by atoms with Crippen LogP contribution >= 0.6 is 0 Å². The molecule has 0 aliphatic rings. The van der Waals surface area contributed by atoms with Crippen LogP contribution in [0.5, 0.6) is 0 Å². The zero-order valence-corrected chi connectivity index (χ0v) is 7.43. The average molecular weight is 202 g/mol. The van der Waals surface area contributed by atoms with Crippen molar-refractivity contribution in [3.05, 3.63) is 24.3 Å². The van der Waals surface area contributed by atoms with Gasteiger partial charge in [0, 0.05) is 13.0 Å². The molecule has 0 aliphatic carbocycles. The van der Waals surface area contributed by atoms with E-state index in [2.05, 4.69) is 6.58 Å². The van der Waals surface area contributed by atoms with E-state index in [0.29, 0.717) is 6.08 Å².